The van der Waals surface area contributed by atoms with Crippen LogP contribution >= 0.6 is 0 Å². The number of anilines is 1. The fourth-order valence-electron chi connectivity index (χ4n) is 1.56. The van der Waals surface area contributed by atoms with Crippen molar-refractivity contribution >= 4 is 23.5 Å². The Morgan fingerprint density at radius 3 is 2.29 bits per heavy atom. The van der Waals surface area contributed by atoms with Crippen molar-refractivity contribution in [3.63, 3.8) is 0 Å². The lowest BCUT2D eigenvalue weighted by Gasteiger charge is -2.11. The maximum Gasteiger partial charge on any atom is 0.303 e. The van der Waals surface area contributed by atoms with Gasteiger partial charge >= 0.3 is 5.97 Å². The summed E-state index contributed by atoms with van der Waals surface area (Å²) in [6.45, 7) is 3.91. The van der Waals surface area contributed by atoms with Crippen LogP contribution < -0.4 is 10.6 Å². The van der Waals surface area contributed by atoms with Crippen molar-refractivity contribution < 1.29 is 19.5 Å². The molecule has 0 fully saturated rings. The van der Waals surface area contributed by atoms with E-state index in [9.17, 15) is 14.4 Å². The van der Waals surface area contributed by atoms with E-state index in [0.717, 1.165) is 6.42 Å². The van der Waals surface area contributed by atoms with E-state index in [1.807, 2.05) is 13.8 Å². The van der Waals surface area contributed by atoms with E-state index < -0.39 is 5.97 Å². The number of carbonyl (C=O) groups is 3. The molecular formula is C15H20N2O4. The van der Waals surface area contributed by atoms with Crippen LogP contribution in [0.5, 0.6) is 0 Å². The largest absolute Gasteiger partial charge is 0.481 e. The van der Waals surface area contributed by atoms with Crippen molar-refractivity contribution in [3.8, 4) is 0 Å². The Kier molecular flexibility index (Phi) is 6.39. The maximum absolute atomic E-state index is 11.9. The molecule has 0 aromatic heterocycles. The molecule has 1 rings (SSSR count). The zero-order valence-electron chi connectivity index (χ0n) is 12.2. The lowest BCUT2D eigenvalue weighted by Crippen LogP contribution is -2.31. The second kappa shape index (κ2) is 8.04. The molecule has 1 aromatic carbocycles. The number of nitrogens with one attached hydrogen (secondary N) is 2. The van der Waals surface area contributed by atoms with E-state index in [2.05, 4.69) is 10.6 Å². The highest BCUT2D eigenvalue weighted by atomic mass is 16.4. The van der Waals surface area contributed by atoms with Gasteiger partial charge in [0.15, 0.2) is 0 Å². The van der Waals surface area contributed by atoms with Gasteiger partial charge in [-0.1, -0.05) is 6.92 Å². The molecule has 0 saturated carbocycles. The molecule has 1 aromatic rings. The van der Waals surface area contributed by atoms with E-state index in [0.29, 0.717) is 11.3 Å². The quantitative estimate of drug-likeness (QED) is 0.716. The van der Waals surface area contributed by atoms with Gasteiger partial charge in [0.25, 0.3) is 5.91 Å². The zero-order valence-corrected chi connectivity index (χ0v) is 12.2. The molecule has 0 aliphatic carbocycles. The van der Waals surface area contributed by atoms with Crippen molar-refractivity contribution in [2.24, 2.45) is 0 Å². The highest BCUT2D eigenvalue weighted by molar-refractivity contribution is 5.96. The number of carbonyl (C=O) groups excluding carboxylic acids is 2. The van der Waals surface area contributed by atoms with Crippen LogP contribution in [0.2, 0.25) is 0 Å². The Hall–Kier alpha value is -2.37. The van der Waals surface area contributed by atoms with Gasteiger partial charge in [0.1, 0.15) is 0 Å². The van der Waals surface area contributed by atoms with E-state index in [1.54, 1.807) is 24.3 Å². The Labute approximate surface area is 123 Å². The predicted molar refractivity (Wildman–Crippen MR) is 79.2 cm³/mol. The highest BCUT2D eigenvalue weighted by Crippen LogP contribution is 2.10. The number of hydrogen-bond acceptors (Lipinski definition) is 3. The molecule has 1 unspecified atom stereocenters. The predicted octanol–water partition coefficient (Wildman–Crippen LogP) is 2.02. The minimum atomic E-state index is -1.01. The van der Waals surface area contributed by atoms with Crippen molar-refractivity contribution in [1.82, 2.24) is 5.32 Å². The number of rotatable bonds is 7. The maximum atomic E-state index is 11.9. The second-order valence-corrected chi connectivity index (χ2v) is 4.80. The Morgan fingerprint density at radius 1 is 1.14 bits per heavy atom. The molecule has 3 N–H and O–H groups in total. The number of carboxylic acids is 1. The molecule has 114 valence electrons. The number of carboxylic acid groups (broad SMARTS) is 1. The number of hydrogen-bond donors (Lipinski definition) is 3. The molecule has 0 aliphatic heterocycles. The third-order valence-corrected chi connectivity index (χ3v) is 2.99. The summed E-state index contributed by atoms with van der Waals surface area (Å²) in [5.41, 5.74) is 1.05. The van der Waals surface area contributed by atoms with Gasteiger partial charge in [0.2, 0.25) is 5.91 Å². The van der Waals surface area contributed by atoms with Crippen LogP contribution in [0, 0.1) is 0 Å². The molecule has 0 spiro atoms. The van der Waals surface area contributed by atoms with Gasteiger partial charge in [-0.3, -0.25) is 14.4 Å². The molecule has 0 aliphatic rings. The van der Waals surface area contributed by atoms with Gasteiger partial charge in [-0.2, -0.15) is 0 Å². The van der Waals surface area contributed by atoms with Gasteiger partial charge in [-0.05, 0) is 37.6 Å². The normalized spacial score (nSPS) is 11.5. The molecule has 21 heavy (non-hydrogen) atoms. The van der Waals surface area contributed by atoms with Crippen LogP contribution in [0.25, 0.3) is 0 Å². The molecule has 6 nitrogen and oxygen atoms in total. The zero-order chi connectivity index (χ0) is 15.8. The standard InChI is InChI=1S/C15H20N2O4/c1-3-10(2)16-15(21)11-4-6-12(7-5-11)17-13(18)8-9-14(19)20/h4-7,10H,3,8-9H2,1-2H3,(H,16,21)(H,17,18)(H,19,20). The van der Waals surface area contributed by atoms with Crippen LogP contribution in [0.3, 0.4) is 0 Å². The van der Waals surface area contributed by atoms with Gasteiger partial charge in [-0.25, -0.2) is 0 Å². The lowest BCUT2D eigenvalue weighted by molar-refractivity contribution is -0.138. The summed E-state index contributed by atoms with van der Waals surface area (Å²) in [5, 5.41) is 13.9. The molecule has 0 bridgehead atoms. The van der Waals surface area contributed by atoms with E-state index >= 15 is 0 Å². The Balaban J connectivity index is 2.55. The smallest absolute Gasteiger partial charge is 0.303 e. The third-order valence-electron chi connectivity index (χ3n) is 2.99. The first-order chi connectivity index (χ1) is 9.92. The minimum absolute atomic E-state index is 0.0778. The fraction of sp³-hybridized carbons (Fsp3) is 0.400. The number of amides is 2. The van der Waals surface area contributed by atoms with Gasteiger partial charge < -0.3 is 15.7 Å². The van der Waals surface area contributed by atoms with Crippen LogP contribution in [0.15, 0.2) is 24.3 Å². The molecular weight excluding hydrogens is 272 g/mol. The average Bonchev–Trinajstić information content (AvgIpc) is 2.45. The Bertz CT molecular complexity index is 511. The molecule has 1 atom stereocenters. The van der Waals surface area contributed by atoms with Gasteiger partial charge in [0, 0.05) is 23.7 Å². The Morgan fingerprint density at radius 2 is 1.76 bits per heavy atom. The number of aliphatic carboxylic acids is 1. The van der Waals surface area contributed by atoms with Crippen LogP contribution in [-0.2, 0) is 9.59 Å². The lowest BCUT2D eigenvalue weighted by atomic mass is 10.1. The summed E-state index contributed by atoms with van der Waals surface area (Å²) in [7, 11) is 0. The molecule has 2 amide bonds. The molecule has 6 heteroatoms. The fourth-order valence-corrected chi connectivity index (χ4v) is 1.56. The SMILES string of the molecule is CCC(C)NC(=O)c1ccc(NC(=O)CCC(=O)O)cc1. The van der Waals surface area contributed by atoms with Crippen LogP contribution in [0.1, 0.15) is 43.5 Å². The topological polar surface area (TPSA) is 95.5 Å². The van der Waals surface area contributed by atoms with Gasteiger partial charge in [-0.15, -0.1) is 0 Å². The summed E-state index contributed by atoms with van der Waals surface area (Å²) in [6, 6.07) is 6.57. The third kappa shape index (κ3) is 6.07. The van der Waals surface area contributed by atoms with Crippen molar-refractivity contribution in [1.29, 1.82) is 0 Å². The monoisotopic (exact) mass is 292 g/mol. The summed E-state index contributed by atoms with van der Waals surface area (Å²) >= 11 is 0. The van der Waals surface area contributed by atoms with Crippen molar-refractivity contribution in [2.45, 2.75) is 39.2 Å². The van der Waals surface area contributed by atoms with E-state index in [-0.39, 0.29) is 30.7 Å². The molecule has 0 heterocycles. The summed E-state index contributed by atoms with van der Waals surface area (Å²) in [6.07, 6.45) is 0.566. The summed E-state index contributed by atoms with van der Waals surface area (Å²) in [4.78, 5) is 33.7. The first kappa shape index (κ1) is 16.7. The van der Waals surface area contributed by atoms with E-state index in [1.165, 1.54) is 0 Å². The highest BCUT2D eigenvalue weighted by Gasteiger charge is 2.09. The first-order valence-corrected chi connectivity index (χ1v) is 6.85. The average molecular weight is 292 g/mol. The minimum Gasteiger partial charge on any atom is -0.481 e. The summed E-state index contributed by atoms with van der Waals surface area (Å²) < 4.78 is 0. The van der Waals surface area contributed by atoms with Crippen LogP contribution in [0.4, 0.5) is 5.69 Å². The number of benzene rings is 1. The summed E-state index contributed by atoms with van der Waals surface area (Å²) in [5.74, 6) is -1.54. The van der Waals surface area contributed by atoms with E-state index in [4.69, 9.17) is 5.11 Å². The van der Waals surface area contributed by atoms with Crippen molar-refractivity contribution in [2.75, 3.05) is 5.32 Å². The van der Waals surface area contributed by atoms with Gasteiger partial charge in [0.05, 0.1) is 6.42 Å². The second-order valence-electron chi connectivity index (χ2n) is 4.80. The first-order valence-electron chi connectivity index (χ1n) is 6.85. The molecule has 0 saturated heterocycles. The van der Waals surface area contributed by atoms with Crippen LogP contribution in [-0.4, -0.2) is 28.9 Å². The van der Waals surface area contributed by atoms with Crippen molar-refractivity contribution in [3.05, 3.63) is 29.8 Å². The molecule has 0 radical (unpaired) electrons.